The molecule has 4 unspecified atom stereocenters. The molecule has 0 saturated heterocycles. The van der Waals surface area contributed by atoms with Crippen molar-refractivity contribution in [1.29, 1.82) is 0 Å². The normalized spacial score (nSPS) is 27.6. The summed E-state index contributed by atoms with van der Waals surface area (Å²) in [4.78, 5) is 8.72. The first-order chi connectivity index (χ1) is 12.2. The lowest BCUT2D eigenvalue weighted by Crippen LogP contribution is -2.38. The van der Waals surface area contributed by atoms with Crippen LogP contribution < -0.4 is 10.6 Å². The van der Waals surface area contributed by atoms with Gasteiger partial charge in [-0.05, 0) is 38.8 Å². The van der Waals surface area contributed by atoms with Crippen LogP contribution in [0.1, 0.15) is 51.3 Å². The summed E-state index contributed by atoms with van der Waals surface area (Å²) in [5, 5.41) is 48.8. The molecular weight excluding hydrogens is 336 g/mol. The number of aliphatic hydroxyl groups excluding tert-OH is 2. The van der Waals surface area contributed by atoms with E-state index in [0.717, 1.165) is 0 Å². The fourth-order valence-electron chi connectivity index (χ4n) is 3.50. The van der Waals surface area contributed by atoms with E-state index in [1.807, 2.05) is 13.8 Å². The van der Waals surface area contributed by atoms with Gasteiger partial charge in [-0.1, -0.05) is 0 Å². The van der Waals surface area contributed by atoms with Crippen molar-refractivity contribution in [2.75, 3.05) is 10.6 Å². The van der Waals surface area contributed by atoms with E-state index in [1.165, 1.54) is 0 Å². The summed E-state index contributed by atoms with van der Waals surface area (Å²) < 4.78 is 0. The molecule has 2 heterocycles. The molecule has 6 N–H and O–H groups in total. The number of phenolic OH excluding ortho intramolecular Hbond substituents is 2. The minimum absolute atomic E-state index is 0.0241. The van der Waals surface area contributed by atoms with Crippen molar-refractivity contribution in [2.45, 2.75) is 52.0 Å². The number of aromatic hydroxyl groups is 2. The second kappa shape index (κ2) is 5.46. The van der Waals surface area contributed by atoms with Crippen molar-refractivity contribution in [3.05, 3.63) is 22.5 Å². The molecule has 1 aromatic carbocycles. The van der Waals surface area contributed by atoms with Gasteiger partial charge in [0.1, 0.15) is 34.6 Å². The molecule has 8 nitrogen and oxygen atoms in total. The van der Waals surface area contributed by atoms with Crippen LogP contribution in [0.15, 0.2) is 11.1 Å². The molecule has 0 bridgehead atoms. The Morgan fingerprint density at radius 1 is 0.731 bits per heavy atom. The lowest BCUT2D eigenvalue weighted by Gasteiger charge is -2.33. The van der Waals surface area contributed by atoms with Gasteiger partial charge in [-0.2, -0.15) is 0 Å². The van der Waals surface area contributed by atoms with Gasteiger partial charge in [0, 0.05) is 12.1 Å². The van der Waals surface area contributed by atoms with Crippen molar-refractivity contribution < 1.29 is 20.4 Å². The van der Waals surface area contributed by atoms with E-state index in [4.69, 9.17) is 0 Å². The lowest BCUT2D eigenvalue weighted by atomic mass is 9.89. The maximum absolute atomic E-state index is 10.7. The predicted molar refractivity (Wildman–Crippen MR) is 97.3 cm³/mol. The van der Waals surface area contributed by atoms with Gasteiger partial charge < -0.3 is 31.1 Å². The topological polar surface area (TPSA) is 131 Å². The monoisotopic (exact) mass is 358 g/mol. The summed E-state index contributed by atoms with van der Waals surface area (Å²) >= 11 is 0. The van der Waals surface area contributed by atoms with Crippen LogP contribution in [-0.4, -0.2) is 42.5 Å². The van der Waals surface area contributed by atoms with Crippen LogP contribution in [0.2, 0.25) is 0 Å². The maximum atomic E-state index is 10.7. The summed E-state index contributed by atoms with van der Waals surface area (Å²) in [5.41, 5.74) is 2.43. The zero-order valence-corrected chi connectivity index (χ0v) is 15.0. The van der Waals surface area contributed by atoms with Crippen LogP contribution in [0.3, 0.4) is 0 Å². The fraction of sp³-hybridized carbons (Fsp3) is 0.444. The van der Waals surface area contributed by atoms with Crippen LogP contribution in [0.4, 0.5) is 11.4 Å². The van der Waals surface area contributed by atoms with E-state index < -0.39 is 12.2 Å². The van der Waals surface area contributed by atoms with E-state index in [0.29, 0.717) is 22.5 Å². The second-order valence-electron chi connectivity index (χ2n) is 7.18. The van der Waals surface area contributed by atoms with Gasteiger partial charge >= 0.3 is 0 Å². The molecule has 26 heavy (non-hydrogen) atoms. The van der Waals surface area contributed by atoms with Gasteiger partial charge in [0.2, 0.25) is 0 Å². The number of aromatic nitrogens is 2. The van der Waals surface area contributed by atoms with E-state index in [2.05, 4.69) is 20.6 Å². The van der Waals surface area contributed by atoms with Crippen molar-refractivity contribution in [2.24, 2.45) is 0 Å². The van der Waals surface area contributed by atoms with Crippen molar-refractivity contribution in [3.63, 3.8) is 0 Å². The molecule has 0 radical (unpaired) electrons. The number of rotatable bonds is 0. The number of anilines is 2. The Balaban J connectivity index is 2.03. The zero-order chi connectivity index (χ0) is 18.9. The number of hydrogen-bond donors (Lipinski definition) is 6. The number of nitrogens with one attached hydrogen (secondary N) is 2. The van der Waals surface area contributed by atoms with Crippen LogP contribution >= 0.6 is 0 Å². The van der Waals surface area contributed by atoms with Gasteiger partial charge in [-0.3, -0.25) is 0 Å². The Morgan fingerprint density at radius 2 is 1.08 bits per heavy atom. The van der Waals surface area contributed by atoms with Gasteiger partial charge in [-0.25, -0.2) is 9.97 Å². The van der Waals surface area contributed by atoms with Crippen molar-refractivity contribution in [3.8, 4) is 11.5 Å². The number of benzene rings is 1. The first-order valence-electron chi connectivity index (χ1n) is 8.58. The lowest BCUT2D eigenvalue weighted by molar-refractivity contribution is 0.161. The molecule has 2 aromatic rings. The smallest absolute Gasteiger partial charge is 0.169 e. The molecule has 4 rings (SSSR count). The third kappa shape index (κ3) is 2.09. The van der Waals surface area contributed by atoms with Crippen LogP contribution in [-0.2, 0) is 0 Å². The van der Waals surface area contributed by atoms with Gasteiger partial charge in [0.05, 0.1) is 11.4 Å². The highest BCUT2D eigenvalue weighted by Crippen LogP contribution is 2.49. The number of nitrogens with zero attached hydrogens (tertiary/aromatic N) is 2. The van der Waals surface area contributed by atoms with Gasteiger partial charge in [0.25, 0.3) is 0 Å². The van der Waals surface area contributed by atoms with Gasteiger partial charge in [-0.15, -0.1) is 0 Å². The van der Waals surface area contributed by atoms with E-state index in [1.54, 1.807) is 13.8 Å². The molecule has 8 heteroatoms. The minimum Gasteiger partial charge on any atom is -0.504 e. The molecule has 2 aliphatic rings. The SMILES string of the molecule is CC1=C(C)C(O)c2nc3c(O)c4c(c(O)c3nc2C1O)NC(C)C(C)N4. The fourth-order valence-corrected chi connectivity index (χ4v) is 3.50. The minimum atomic E-state index is -1.02. The molecular formula is C18H22N4O4. The summed E-state index contributed by atoms with van der Waals surface area (Å²) in [6.45, 7) is 7.35. The third-order valence-corrected chi connectivity index (χ3v) is 5.58. The molecule has 0 fully saturated rings. The molecule has 138 valence electrons. The number of fused-ring (bicyclic) bond motifs is 3. The van der Waals surface area contributed by atoms with E-state index in [-0.39, 0.29) is 46.0 Å². The summed E-state index contributed by atoms with van der Waals surface area (Å²) in [6, 6.07) is 0.0483. The molecule has 0 spiro atoms. The summed E-state index contributed by atoms with van der Waals surface area (Å²) in [5.74, 6) is -0.306. The number of hydrogen-bond acceptors (Lipinski definition) is 8. The molecule has 1 aromatic heterocycles. The Bertz CT molecular complexity index is 895. The highest BCUT2D eigenvalue weighted by molar-refractivity contribution is 6.01. The Kier molecular flexibility index (Phi) is 3.54. The number of aliphatic hydroxyl groups is 2. The highest BCUT2D eigenvalue weighted by Gasteiger charge is 2.34. The molecule has 0 amide bonds. The van der Waals surface area contributed by atoms with Gasteiger partial charge in [0.15, 0.2) is 11.5 Å². The Labute approximate surface area is 150 Å². The quantitative estimate of drug-likeness (QED) is 0.240. The largest absolute Gasteiger partial charge is 0.504 e. The average molecular weight is 358 g/mol. The third-order valence-electron chi connectivity index (χ3n) is 5.58. The number of phenols is 2. The Morgan fingerprint density at radius 3 is 1.42 bits per heavy atom. The summed E-state index contributed by atoms with van der Waals surface area (Å²) in [7, 11) is 0. The standard InChI is InChI=1S/C18H22N4O4/c1-5-6(2)16(24)10-9(15(5)23)21-13-14(22-10)18(26)12-11(17(13)25)19-7(3)8(4)20-12/h7-8,15-16,19-20,23-26H,1-4H3. The zero-order valence-electron chi connectivity index (χ0n) is 15.0. The van der Waals surface area contributed by atoms with Crippen molar-refractivity contribution in [1.82, 2.24) is 9.97 Å². The molecule has 0 saturated carbocycles. The Hall–Kier alpha value is -2.58. The summed E-state index contributed by atoms with van der Waals surface area (Å²) in [6.07, 6.45) is -2.04. The second-order valence-corrected chi connectivity index (χ2v) is 7.18. The molecule has 1 aliphatic heterocycles. The molecule has 1 aliphatic carbocycles. The van der Waals surface area contributed by atoms with Crippen LogP contribution in [0.25, 0.3) is 11.0 Å². The van der Waals surface area contributed by atoms with E-state index in [9.17, 15) is 20.4 Å². The first-order valence-corrected chi connectivity index (χ1v) is 8.58. The molecule has 4 atom stereocenters. The van der Waals surface area contributed by atoms with Crippen LogP contribution in [0.5, 0.6) is 11.5 Å². The van der Waals surface area contributed by atoms with Crippen LogP contribution in [0, 0.1) is 0 Å². The predicted octanol–water partition coefficient (Wildman–Crippen LogP) is 2.07. The maximum Gasteiger partial charge on any atom is 0.169 e. The van der Waals surface area contributed by atoms with E-state index >= 15 is 0 Å². The highest BCUT2D eigenvalue weighted by atomic mass is 16.3. The van der Waals surface area contributed by atoms with Crippen molar-refractivity contribution >= 4 is 22.4 Å². The average Bonchev–Trinajstić information content (AvgIpc) is 2.63. The first kappa shape index (κ1) is 16.9.